The molecule has 0 atom stereocenters. The van der Waals surface area contributed by atoms with Crippen molar-refractivity contribution in [2.75, 3.05) is 13.1 Å². The van der Waals surface area contributed by atoms with E-state index in [0.717, 1.165) is 29.7 Å². The molecule has 0 saturated heterocycles. The molecule has 1 aromatic carbocycles. The first-order chi connectivity index (χ1) is 9.51. The van der Waals surface area contributed by atoms with Gasteiger partial charge < -0.3 is 10.1 Å². The SMILES string of the molecule is Cc1ccc(Br)cc1OC1(CCNCC(C)C)CCC1. The van der Waals surface area contributed by atoms with Gasteiger partial charge in [0.2, 0.25) is 0 Å². The number of halogens is 1. The van der Waals surface area contributed by atoms with Crippen LogP contribution in [0.1, 0.15) is 45.1 Å². The number of rotatable bonds is 7. The number of nitrogens with one attached hydrogen (secondary N) is 1. The van der Waals surface area contributed by atoms with E-state index in [1.165, 1.54) is 24.8 Å². The molecule has 0 radical (unpaired) electrons. The Morgan fingerprint density at radius 2 is 2.10 bits per heavy atom. The summed E-state index contributed by atoms with van der Waals surface area (Å²) in [5.74, 6) is 1.74. The highest BCUT2D eigenvalue weighted by Gasteiger charge is 2.39. The van der Waals surface area contributed by atoms with Crippen molar-refractivity contribution < 1.29 is 4.74 Å². The first-order valence-corrected chi connectivity index (χ1v) is 8.46. The van der Waals surface area contributed by atoms with E-state index in [9.17, 15) is 0 Å². The second kappa shape index (κ2) is 6.95. The molecule has 0 amide bonds. The summed E-state index contributed by atoms with van der Waals surface area (Å²) in [6, 6.07) is 6.28. The topological polar surface area (TPSA) is 21.3 Å². The summed E-state index contributed by atoms with van der Waals surface area (Å²) in [7, 11) is 0. The summed E-state index contributed by atoms with van der Waals surface area (Å²) < 4.78 is 7.48. The van der Waals surface area contributed by atoms with Gasteiger partial charge in [-0.25, -0.2) is 0 Å². The van der Waals surface area contributed by atoms with Crippen molar-refractivity contribution in [3.05, 3.63) is 28.2 Å². The van der Waals surface area contributed by atoms with E-state index < -0.39 is 0 Å². The Hall–Kier alpha value is -0.540. The van der Waals surface area contributed by atoms with Crippen LogP contribution in [0.3, 0.4) is 0 Å². The maximum Gasteiger partial charge on any atom is 0.124 e. The third-order valence-electron chi connectivity index (χ3n) is 4.05. The first kappa shape index (κ1) is 15.8. The third kappa shape index (κ3) is 4.23. The van der Waals surface area contributed by atoms with Crippen LogP contribution >= 0.6 is 15.9 Å². The molecule has 1 N–H and O–H groups in total. The molecule has 1 aromatic rings. The van der Waals surface area contributed by atoms with Crippen molar-refractivity contribution in [1.29, 1.82) is 0 Å². The zero-order valence-corrected chi connectivity index (χ0v) is 14.4. The Bertz CT molecular complexity index is 441. The Labute approximate surface area is 131 Å². The lowest BCUT2D eigenvalue weighted by molar-refractivity contribution is -0.0149. The minimum atomic E-state index is 0.0650. The molecule has 0 spiro atoms. The summed E-state index contributed by atoms with van der Waals surface area (Å²) in [6.45, 7) is 8.74. The molecule has 1 fully saturated rings. The van der Waals surface area contributed by atoms with Crippen molar-refractivity contribution in [3.63, 3.8) is 0 Å². The molecule has 0 heterocycles. The molecule has 0 unspecified atom stereocenters. The number of ether oxygens (including phenoxy) is 1. The van der Waals surface area contributed by atoms with Gasteiger partial charge in [0.1, 0.15) is 11.4 Å². The van der Waals surface area contributed by atoms with Crippen LogP contribution in [-0.2, 0) is 0 Å². The first-order valence-electron chi connectivity index (χ1n) is 7.67. The van der Waals surface area contributed by atoms with Gasteiger partial charge in [-0.3, -0.25) is 0 Å². The minimum Gasteiger partial charge on any atom is -0.487 e. The molecular formula is C17H26BrNO. The van der Waals surface area contributed by atoms with Crippen LogP contribution in [0.25, 0.3) is 0 Å². The molecule has 3 heteroatoms. The molecule has 1 saturated carbocycles. The maximum absolute atomic E-state index is 6.39. The monoisotopic (exact) mass is 339 g/mol. The number of hydrogen-bond acceptors (Lipinski definition) is 2. The van der Waals surface area contributed by atoms with Gasteiger partial charge in [0.25, 0.3) is 0 Å². The fourth-order valence-corrected chi connectivity index (χ4v) is 2.94. The number of benzene rings is 1. The van der Waals surface area contributed by atoms with E-state index in [1.807, 2.05) is 0 Å². The fourth-order valence-electron chi connectivity index (χ4n) is 2.60. The van der Waals surface area contributed by atoms with E-state index in [4.69, 9.17) is 4.74 Å². The Kier molecular flexibility index (Phi) is 5.50. The summed E-state index contributed by atoms with van der Waals surface area (Å²) in [5.41, 5.74) is 1.28. The highest BCUT2D eigenvalue weighted by atomic mass is 79.9. The van der Waals surface area contributed by atoms with E-state index in [1.54, 1.807) is 0 Å². The molecule has 20 heavy (non-hydrogen) atoms. The molecule has 1 aliphatic rings. The molecule has 1 aliphatic carbocycles. The number of aryl methyl sites for hydroxylation is 1. The van der Waals surface area contributed by atoms with E-state index in [-0.39, 0.29) is 5.60 Å². The average Bonchev–Trinajstić information content (AvgIpc) is 2.35. The van der Waals surface area contributed by atoms with Crippen LogP contribution < -0.4 is 10.1 Å². The van der Waals surface area contributed by atoms with Crippen molar-refractivity contribution in [1.82, 2.24) is 5.32 Å². The fraction of sp³-hybridized carbons (Fsp3) is 0.647. The van der Waals surface area contributed by atoms with Gasteiger partial charge in [0.05, 0.1) is 0 Å². The molecule has 2 rings (SSSR count). The van der Waals surface area contributed by atoms with E-state index in [0.29, 0.717) is 5.92 Å². The van der Waals surface area contributed by atoms with Gasteiger partial charge >= 0.3 is 0 Å². The van der Waals surface area contributed by atoms with Crippen LogP contribution in [0.15, 0.2) is 22.7 Å². The van der Waals surface area contributed by atoms with Crippen LogP contribution in [0.5, 0.6) is 5.75 Å². The highest BCUT2D eigenvalue weighted by molar-refractivity contribution is 9.10. The van der Waals surface area contributed by atoms with Crippen molar-refractivity contribution in [2.45, 2.75) is 52.1 Å². The van der Waals surface area contributed by atoms with Crippen LogP contribution in [0.2, 0.25) is 0 Å². The zero-order valence-electron chi connectivity index (χ0n) is 12.8. The molecule has 0 aromatic heterocycles. The highest BCUT2D eigenvalue weighted by Crippen LogP contribution is 2.40. The standard InChI is InChI=1S/C17H26BrNO/c1-13(2)12-19-10-9-17(7-4-8-17)20-16-11-15(18)6-5-14(16)3/h5-6,11,13,19H,4,7-10,12H2,1-3H3. The molecule has 0 bridgehead atoms. The predicted molar refractivity (Wildman–Crippen MR) is 88.4 cm³/mol. The van der Waals surface area contributed by atoms with Gasteiger partial charge in [0, 0.05) is 4.47 Å². The average molecular weight is 340 g/mol. The van der Waals surface area contributed by atoms with Crippen molar-refractivity contribution >= 4 is 15.9 Å². The van der Waals surface area contributed by atoms with Crippen LogP contribution in [-0.4, -0.2) is 18.7 Å². The van der Waals surface area contributed by atoms with Gasteiger partial charge in [0.15, 0.2) is 0 Å². The minimum absolute atomic E-state index is 0.0650. The van der Waals surface area contributed by atoms with Crippen LogP contribution in [0.4, 0.5) is 0 Å². The normalized spacial score (nSPS) is 17.1. The smallest absolute Gasteiger partial charge is 0.124 e. The lowest BCUT2D eigenvalue weighted by Crippen LogP contribution is -2.45. The quantitative estimate of drug-likeness (QED) is 0.727. The zero-order chi connectivity index (χ0) is 14.6. The van der Waals surface area contributed by atoms with Gasteiger partial charge in [-0.1, -0.05) is 35.8 Å². The molecule has 112 valence electrons. The third-order valence-corrected chi connectivity index (χ3v) is 4.54. The maximum atomic E-state index is 6.39. The summed E-state index contributed by atoms with van der Waals surface area (Å²) in [5, 5.41) is 3.53. The predicted octanol–water partition coefficient (Wildman–Crippen LogP) is 4.69. The summed E-state index contributed by atoms with van der Waals surface area (Å²) >= 11 is 3.53. The van der Waals surface area contributed by atoms with Gasteiger partial charge in [-0.2, -0.15) is 0 Å². The molecule has 0 aliphatic heterocycles. The lowest BCUT2D eigenvalue weighted by Gasteiger charge is -2.42. The summed E-state index contributed by atoms with van der Waals surface area (Å²) in [6.07, 6.45) is 4.76. The van der Waals surface area contributed by atoms with Gasteiger partial charge in [-0.05, 0) is 69.3 Å². The second-order valence-corrected chi connectivity index (χ2v) is 7.31. The van der Waals surface area contributed by atoms with Crippen LogP contribution in [0, 0.1) is 12.8 Å². The molecular weight excluding hydrogens is 314 g/mol. The second-order valence-electron chi connectivity index (χ2n) is 6.40. The van der Waals surface area contributed by atoms with Crippen molar-refractivity contribution in [2.24, 2.45) is 5.92 Å². The van der Waals surface area contributed by atoms with Crippen molar-refractivity contribution in [3.8, 4) is 5.75 Å². The Balaban J connectivity index is 1.92. The number of hydrogen-bond donors (Lipinski definition) is 1. The molecule has 2 nitrogen and oxygen atoms in total. The Morgan fingerprint density at radius 3 is 2.70 bits per heavy atom. The van der Waals surface area contributed by atoms with E-state index in [2.05, 4.69) is 60.2 Å². The van der Waals surface area contributed by atoms with Gasteiger partial charge in [-0.15, -0.1) is 0 Å². The summed E-state index contributed by atoms with van der Waals surface area (Å²) in [4.78, 5) is 0. The lowest BCUT2D eigenvalue weighted by atomic mass is 9.77. The Morgan fingerprint density at radius 1 is 1.35 bits per heavy atom. The van der Waals surface area contributed by atoms with E-state index >= 15 is 0 Å². The largest absolute Gasteiger partial charge is 0.487 e.